The van der Waals surface area contributed by atoms with E-state index in [4.69, 9.17) is 0 Å². The van der Waals surface area contributed by atoms with Gasteiger partial charge < -0.3 is 28.2 Å². The molecule has 0 aliphatic rings. The summed E-state index contributed by atoms with van der Waals surface area (Å²) in [5, 5.41) is 0. The molecule has 0 fully saturated rings. The molecule has 816 valence electrons. The van der Waals surface area contributed by atoms with E-state index in [1.54, 1.807) is 148 Å². The predicted molar refractivity (Wildman–Crippen MR) is 627 cm³/mol. The number of unbranched alkanes of at least 4 members (excludes halogenated alkanes) is 48. The van der Waals surface area contributed by atoms with E-state index < -0.39 is 43.6 Å². The normalized spacial score (nSPS) is 11.5. The van der Waals surface area contributed by atoms with Gasteiger partial charge >= 0.3 is 0 Å². The van der Waals surface area contributed by atoms with Gasteiger partial charge in [0.15, 0.2) is 0 Å². The molecule has 0 unspecified atom stereocenters. The first-order chi connectivity index (χ1) is 61.5. The van der Waals surface area contributed by atoms with Crippen molar-refractivity contribution in [2.24, 2.45) is 0 Å². The Bertz CT molecular complexity index is 1450. The van der Waals surface area contributed by atoms with Gasteiger partial charge in [0.05, 0.1) is 148 Å². The minimum Gasteiger partial charge on any atom is -1.00 e. The van der Waals surface area contributed by atoms with Crippen LogP contribution >= 0.6 is 43.6 Å². The van der Waals surface area contributed by atoms with Gasteiger partial charge in [-0.05, 0) is 193 Å². The smallest absolute Gasteiger partial charge is 0.0594 e. The highest BCUT2D eigenvalue weighted by atomic mass is 31.2. The summed E-state index contributed by atoms with van der Waals surface area (Å²) in [5.74, 6) is 0. The number of hydrogen-bond acceptors (Lipinski definition) is 0. The Morgan fingerprint density at radius 3 is 0.189 bits per heavy atom. The van der Waals surface area contributed by atoms with Crippen LogP contribution in [0.2, 0.25) is 0 Å². The summed E-state index contributed by atoms with van der Waals surface area (Å²) in [4.78, 5) is 0. The van der Waals surface area contributed by atoms with Crippen LogP contribution in [0.4, 0.5) is 0 Å². The van der Waals surface area contributed by atoms with Gasteiger partial charge in [-0.2, -0.15) is 0 Å². The van der Waals surface area contributed by atoms with Crippen LogP contribution in [0.15, 0.2) is 0 Å². The van der Waals surface area contributed by atoms with Gasteiger partial charge in [-0.15, -0.1) is 0 Å². The SMILES string of the molecule is CCCCCCCC[P+](CCCC)(CCCC)CCCC.CCCCCCCC[P+](CCCC)(CCCC)CCCC.CCCCCCCC[P+](CCCC)(CCCC)CCCC.CCCCCCCC[P+](CCCC)(CCCC)CCCC.CCCCCCCC[P+](CCCC)(CCCC)CCCC.CCCCCCCC[P+](CCCC)(CCCC)CCCC.[F-].[F-].[F-].[F-].[F-].[F-]. The fourth-order valence-electron chi connectivity index (χ4n) is 20.3. The molecule has 132 heavy (non-hydrogen) atoms. The van der Waals surface area contributed by atoms with Crippen LogP contribution in [0.5, 0.6) is 0 Å². The Labute approximate surface area is 842 Å². The van der Waals surface area contributed by atoms with E-state index in [9.17, 15) is 0 Å². The highest BCUT2D eigenvalue weighted by molar-refractivity contribution is 7.77. The van der Waals surface area contributed by atoms with Crippen molar-refractivity contribution in [1.82, 2.24) is 0 Å². The summed E-state index contributed by atoms with van der Waals surface area (Å²) in [6.45, 7) is 56.6. The molecule has 0 saturated heterocycles. The zero-order chi connectivity index (χ0) is 94.9. The molecule has 0 aliphatic heterocycles. The van der Waals surface area contributed by atoms with Crippen LogP contribution in [0, 0.1) is 0 Å². The van der Waals surface area contributed by atoms with E-state index in [0.717, 1.165) is 0 Å². The molecule has 12 heteroatoms. The Morgan fingerprint density at radius 1 is 0.0682 bits per heavy atom. The van der Waals surface area contributed by atoms with Crippen LogP contribution in [-0.2, 0) is 0 Å². The second-order valence-corrected chi connectivity index (χ2v) is 69.2. The van der Waals surface area contributed by atoms with Crippen molar-refractivity contribution in [3.8, 4) is 0 Å². The van der Waals surface area contributed by atoms with Crippen molar-refractivity contribution < 1.29 is 28.2 Å². The van der Waals surface area contributed by atoms with E-state index in [-0.39, 0.29) is 28.2 Å². The van der Waals surface area contributed by atoms with Crippen LogP contribution < -0.4 is 28.2 Å². The van der Waals surface area contributed by atoms with Gasteiger partial charge in [-0.25, -0.2) is 0 Å². The van der Waals surface area contributed by atoms with E-state index in [1.807, 2.05) is 0 Å². The first kappa shape index (κ1) is 159. The van der Waals surface area contributed by atoms with Gasteiger partial charge in [-0.3, -0.25) is 0 Å². The highest BCUT2D eigenvalue weighted by Crippen LogP contribution is 2.66. The molecule has 0 aromatic rings. The van der Waals surface area contributed by atoms with Gasteiger partial charge in [0.25, 0.3) is 0 Å². The fraction of sp³-hybridized carbons (Fsp3) is 1.00. The molecule has 0 nitrogen and oxygen atoms in total. The third-order valence-electron chi connectivity index (χ3n) is 29.7. The molecular weight excluding hydrogens is 1740 g/mol. The average Bonchev–Trinajstić information content (AvgIpc) is 0.908. The second-order valence-electron chi connectivity index (χ2n) is 42.4. The lowest BCUT2D eigenvalue weighted by Gasteiger charge is -2.28. The minimum absolute atomic E-state index is 0. The Morgan fingerprint density at radius 2 is 0.121 bits per heavy atom. The minimum atomic E-state index is -0.601. The molecule has 0 radical (unpaired) electrons. The third-order valence-corrected chi connectivity index (χ3v) is 60.0. The van der Waals surface area contributed by atoms with E-state index in [1.165, 1.54) is 462 Å². The molecule has 0 rings (SSSR count). The van der Waals surface area contributed by atoms with Crippen LogP contribution in [0.1, 0.15) is 628 Å². The summed E-state index contributed by atoms with van der Waals surface area (Å²) in [6.07, 6.45) is 144. The summed E-state index contributed by atoms with van der Waals surface area (Å²) >= 11 is 0. The molecule has 0 amide bonds. The second kappa shape index (κ2) is 129. The summed E-state index contributed by atoms with van der Waals surface area (Å²) in [7, 11) is -3.61. The quantitative estimate of drug-likeness (QED) is 0.0323. The lowest BCUT2D eigenvalue weighted by molar-refractivity contribution is -0.00100. The molecule has 0 N–H and O–H groups in total. The standard InChI is InChI=1S/6C20H44P.6FH/c6*1-5-9-13-14-15-16-20-21(17-10-6-2,18-11-7-3)19-12-8-4;;;;;;/h6*5-20H2,1-4H3;6*1H/q6*+1;;;;;;/p-6. The summed E-state index contributed by atoms with van der Waals surface area (Å²) in [5.41, 5.74) is 0. The fourth-order valence-corrected chi connectivity index (χ4v) is 51.5. The molecule has 0 saturated carbocycles. The zero-order valence-corrected chi connectivity index (χ0v) is 102. The molecular formula is C120H264F6P6. The zero-order valence-electron chi connectivity index (χ0n) is 96.8. The average molecular weight is 2010 g/mol. The van der Waals surface area contributed by atoms with Gasteiger partial charge in [0.2, 0.25) is 0 Å². The number of hydrogen-bond donors (Lipinski definition) is 0. The first-order valence-electron chi connectivity index (χ1n) is 60.6. The lowest BCUT2D eigenvalue weighted by atomic mass is 10.1. The maximum Gasteiger partial charge on any atom is 0.0594 e. The maximum atomic E-state index is 2.37. The van der Waals surface area contributed by atoms with Crippen LogP contribution in [0.25, 0.3) is 0 Å². The van der Waals surface area contributed by atoms with Crippen molar-refractivity contribution in [3.63, 3.8) is 0 Å². The predicted octanol–water partition coefficient (Wildman–Crippen LogP) is 28.6. The molecule has 0 spiro atoms. The van der Waals surface area contributed by atoms with Gasteiger partial charge in [0.1, 0.15) is 0 Å². The maximum absolute atomic E-state index is 2.37. The highest BCUT2D eigenvalue weighted by Gasteiger charge is 2.40. The van der Waals surface area contributed by atoms with Crippen molar-refractivity contribution in [3.05, 3.63) is 0 Å². The summed E-state index contributed by atoms with van der Waals surface area (Å²) in [6, 6.07) is 0. The number of rotatable bonds is 96. The Hall–Kier alpha value is 2.16. The van der Waals surface area contributed by atoms with E-state index in [0.29, 0.717) is 0 Å². The molecule has 0 bridgehead atoms. The topological polar surface area (TPSA) is 0 Å². The third kappa shape index (κ3) is 106. The van der Waals surface area contributed by atoms with E-state index in [2.05, 4.69) is 166 Å². The molecule has 0 aromatic carbocycles. The van der Waals surface area contributed by atoms with E-state index >= 15 is 0 Å². The van der Waals surface area contributed by atoms with Gasteiger partial charge in [0, 0.05) is 43.6 Å². The van der Waals surface area contributed by atoms with Crippen molar-refractivity contribution in [1.29, 1.82) is 0 Å². The van der Waals surface area contributed by atoms with Crippen molar-refractivity contribution in [2.75, 3.05) is 148 Å². The number of halogens is 6. The molecule has 0 aliphatic carbocycles. The molecule has 0 aromatic heterocycles. The lowest BCUT2D eigenvalue weighted by Crippen LogP contribution is -3.00. The first-order valence-corrected chi connectivity index (χ1v) is 75.7. The monoisotopic (exact) mass is 2010 g/mol. The largest absolute Gasteiger partial charge is 1.00 e. The van der Waals surface area contributed by atoms with Gasteiger partial charge in [-0.1, -0.05) is 436 Å². The Balaban J connectivity index is -0.000000130. The van der Waals surface area contributed by atoms with Crippen molar-refractivity contribution in [2.45, 2.75) is 628 Å². The Kier molecular flexibility index (Phi) is 156. The van der Waals surface area contributed by atoms with Crippen molar-refractivity contribution >= 4 is 43.6 Å². The summed E-state index contributed by atoms with van der Waals surface area (Å²) < 4.78 is 0. The van der Waals surface area contributed by atoms with Crippen LogP contribution in [0.3, 0.4) is 0 Å². The molecule has 0 heterocycles. The molecule has 0 atom stereocenters. The van der Waals surface area contributed by atoms with Crippen LogP contribution in [-0.4, -0.2) is 148 Å².